The molecule has 94 valence electrons. The summed E-state index contributed by atoms with van der Waals surface area (Å²) in [6.07, 6.45) is 0. The van der Waals surface area contributed by atoms with Gasteiger partial charge in [0.05, 0.1) is 0 Å². The Balaban J connectivity index is -0.000000153. The van der Waals surface area contributed by atoms with Gasteiger partial charge < -0.3 is 0 Å². The summed E-state index contributed by atoms with van der Waals surface area (Å²) in [5.41, 5.74) is 0. The molecule has 0 saturated carbocycles. The topological polar surface area (TPSA) is 68.3 Å². The highest BCUT2D eigenvalue weighted by Crippen LogP contribution is 1.75. The highest BCUT2D eigenvalue weighted by molar-refractivity contribution is 7.85. The molecular formula is C8H20O4S3. The van der Waals surface area contributed by atoms with E-state index in [4.69, 9.17) is 8.42 Å². The average molecular weight is 276 g/mol. The van der Waals surface area contributed by atoms with Crippen LogP contribution in [0.5, 0.6) is 0 Å². The van der Waals surface area contributed by atoms with Crippen LogP contribution in [-0.2, 0) is 33.2 Å². The zero-order valence-corrected chi connectivity index (χ0v) is 12.1. The van der Waals surface area contributed by atoms with Gasteiger partial charge in [0.25, 0.3) is 0 Å². The second kappa shape index (κ2) is 19.7. The van der Waals surface area contributed by atoms with Crippen LogP contribution in [0.3, 0.4) is 0 Å². The normalized spacial score (nSPS) is 8.67. The lowest BCUT2D eigenvalue weighted by atomic mass is 11.0. The van der Waals surface area contributed by atoms with Crippen LogP contribution in [0.25, 0.3) is 0 Å². The van der Waals surface area contributed by atoms with Crippen molar-refractivity contribution < 1.29 is 16.8 Å². The van der Waals surface area contributed by atoms with Crippen LogP contribution in [0, 0.1) is 0 Å². The molecule has 7 heteroatoms. The van der Waals surface area contributed by atoms with E-state index in [-0.39, 0.29) is 0 Å². The highest BCUT2D eigenvalue weighted by Gasteiger charge is 1.84. The maximum absolute atomic E-state index is 10.3. The summed E-state index contributed by atoms with van der Waals surface area (Å²) in [6.45, 7) is 7.72. The standard InChI is InChI=1S/2C4H10OS.O2S/c2*1-3-6(5)4-2;1-3-2/h2*3-4H2,1-2H3;. The molecule has 0 unspecified atom stereocenters. The summed E-state index contributed by atoms with van der Waals surface area (Å²) in [5.74, 6) is 3.21. The first-order valence-electron chi connectivity index (χ1n) is 4.65. The predicted octanol–water partition coefficient (Wildman–Crippen LogP) is 0.880. The molecule has 0 N–H and O–H groups in total. The Morgan fingerprint density at radius 2 is 0.867 bits per heavy atom. The van der Waals surface area contributed by atoms with Crippen LogP contribution >= 0.6 is 0 Å². The van der Waals surface area contributed by atoms with Crippen LogP contribution < -0.4 is 0 Å². The van der Waals surface area contributed by atoms with Crippen molar-refractivity contribution in [2.24, 2.45) is 0 Å². The van der Waals surface area contributed by atoms with Crippen LogP contribution in [0.15, 0.2) is 0 Å². The average Bonchev–Trinajstić information content (AvgIpc) is 2.28. The van der Waals surface area contributed by atoms with Crippen molar-refractivity contribution in [2.45, 2.75) is 27.7 Å². The molecule has 0 amide bonds. The van der Waals surface area contributed by atoms with Crippen LogP contribution in [0.2, 0.25) is 0 Å². The summed E-state index contributed by atoms with van der Waals surface area (Å²) in [7, 11) is -1.07. The molecule has 0 aliphatic carbocycles. The van der Waals surface area contributed by atoms with Gasteiger partial charge in [-0.3, -0.25) is 8.42 Å². The molecule has 0 heterocycles. The molecule has 0 aliphatic heterocycles. The van der Waals surface area contributed by atoms with E-state index in [1.807, 2.05) is 27.7 Å². The van der Waals surface area contributed by atoms with E-state index in [2.05, 4.69) is 0 Å². The fraction of sp³-hybridized carbons (Fsp3) is 1.00. The van der Waals surface area contributed by atoms with Gasteiger partial charge in [-0.2, -0.15) is 8.42 Å². The van der Waals surface area contributed by atoms with Gasteiger partial charge >= 0.3 is 11.6 Å². The van der Waals surface area contributed by atoms with Crippen molar-refractivity contribution in [3.63, 3.8) is 0 Å². The van der Waals surface area contributed by atoms with Crippen molar-refractivity contribution >= 4 is 33.2 Å². The van der Waals surface area contributed by atoms with Gasteiger partial charge in [-0.15, -0.1) is 0 Å². The van der Waals surface area contributed by atoms with Gasteiger partial charge in [0.1, 0.15) is 0 Å². The number of rotatable bonds is 4. The SMILES string of the molecule is CCS(=O)CC.CCS(=O)CC.O=S=O. The van der Waals surface area contributed by atoms with Crippen molar-refractivity contribution in [1.29, 1.82) is 0 Å². The van der Waals surface area contributed by atoms with E-state index in [0.29, 0.717) is 0 Å². The Hall–Kier alpha value is 0.120. The molecule has 0 aromatic rings. The van der Waals surface area contributed by atoms with E-state index in [1.54, 1.807) is 0 Å². The first-order valence-corrected chi connectivity index (χ1v) is 8.29. The fourth-order valence-corrected chi connectivity index (χ4v) is 1.22. The Labute approximate surface area is 101 Å². The van der Waals surface area contributed by atoms with E-state index in [0.717, 1.165) is 23.0 Å². The molecule has 0 saturated heterocycles. The van der Waals surface area contributed by atoms with Crippen molar-refractivity contribution in [3.8, 4) is 0 Å². The Morgan fingerprint density at radius 1 is 0.733 bits per heavy atom. The summed E-state index contributed by atoms with van der Waals surface area (Å²) >= 11 is -0.750. The van der Waals surface area contributed by atoms with Crippen LogP contribution in [0.4, 0.5) is 0 Å². The molecule has 0 rings (SSSR count). The molecule has 0 aliphatic rings. The third-order valence-electron chi connectivity index (χ3n) is 1.29. The van der Waals surface area contributed by atoms with Gasteiger partial charge in [0.15, 0.2) is 0 Å². The lowest BCUT2D eigenvalue weighted by Gasteiger charge is -1.84. The summed E-state index contributed by atoms with van der Waals surface area (Å²) < 4.78 is 37.2. The fourth-order valence-electron chi connectivity index (χ4n) is 0.408. The molecule has 0 radical (unpaired) electrons. The second-order valence-corrected chi connectivity index (χ2v) is 6.31. The molecule has 0 bridgehead atoms. The minimum absolute atomic E-state index is 0.534. The van der Waals surface area contributed by atoms with E-state index in [9.17, 15) is 8.42 Å². The van der Waals surface area contributed by atoms with E-state index in [1.165, 1.54) is 0 Å². The minimum Gasteiger partial charge on any atom is -0.260 e. The smallest absolute Gasteiger partial charge is 0.260 e. The first-order chi connectivity index (χ1) is 7.03. The largest absolute Gasteiger partial charge is 0.335 e. The van der Waals surface area contributed by atoms with Crippen molar-refractivity contribution in [1.82, 2.24) is 0 Å². The second-order valence-electron chi connectivity index (χ2n) is 2.10. The molecule has 0 aromatic heterocycles. The van der Waals surface area contributed by atoms with Crippen molar-refractivity contribution in [3.05, 3.63) is 0 Å². The first kappa shape index (κ1) is 20.5. The predicted molar refractivity (Wildman–Crippen MR) is 67.4 cm³/mol. The van der Waals surface area contributed by atoms with Gasteiger partial charge in [-0.05, 0) is 0 Å². The van der Waals surface area contributed by atoms with E-state index < -0.39 is 33.2 Å². The third-order valence-corrected chi connectivity index (χ3v) is 3.86. The zero-order chi connectivity index (χ0) is 12.7. The van der Waals surface area contributed by atoms with Crippen LogP contribution in [-0.4, -0.2) is 39.8 Å². The molecule has 0 fully saturated rings. The lowest BCUT2D eigenvalue weighted by Crippen LogP contribution is -1.93. The van der Waals surface area contributed by atoms with Gasteiger partial charge in [0, 0.05) is 44.6 Å². The Bertz CT molecular complexity index is 172. The quantitative estimate of drug-likeness (QED) is 0.764. The van der Waals surface area contributed by atoms with E-state index >= 15 is 0 Å². The molecule has 4 nitrogen and oxygen atoms in total. The molecule has 0 aromatic carbocycles. The summed E-state index contributed by atoms with van der Waals surface area (Å²) in [4.78, 5) is 0. The minimum atomic E-state index is -0.750. The molecule has 15 heavy (non-hydrogen) atoms. The van der Waals surface area contributed by atoms with Gasteiger partial charge in [-0.25, -0.2) is 0 Å². The number of hydrogen-bond donors (Lipinski definition) is 0. The number of hydrogen-bond acceptors (Lipinski definition) is 4. The maximum Gasteiger partial charge on any atom is 0.335 e. The third kappa shape index (κ3) is 31.5. The van der Waals surface area contributed by atoms with Gasteiger partial charge in [-0.1, -0.05) is 27.7 Å². The van der Waals surface area contributed by atoms with Gasteiger partial charge in [0.2, 0.25) is 0 Å². The highest BCUT2D eigenvalue weighted by atomic mass is 32.2. The monoisotopic (exact) mass is 276 g/mol. The summed E-state index contributed by atoms with van der Waals surface area (Å²) in [5, 5.41) is 0. The summed E-state index contributed by atoms with van der Waals surface area (Å²) in [6, 6.07) is 0. The Morgan fingerprint density at radius 3 is 0.867 bits per heavy atom. The maximum atomic E-state index is 10.3. The molecule has 0 atom stereocenters. The van der Waals surface area contributed by atoms with Crippen LogP contribution in [0.1, 0.15) is 27.7 Å². The lowest BCUT2D eigenvalue weighted by molar-refractivity contribution is 0.630. The molecular weight excluding hydrogens is 256 g/mol. The molecule has 0 spiro atoms. The van der Waals surface area contributed by atoms with Crippen molar-refractivity contribution in [2.75, 3.05) is 23.0 Å². The Kier molecular flexibility index (Phi) is 26.9. The zero-order valence-electron chi connectivity index (χ0n) is 9.69.